The maximum atomic E-state index is 12.4. The van der Waals surface area contributed by atoms with Gasteiger partial charge in [0.2, 0.25) is 5.95 Å². The number of amides is 1. The highest BCUT2D eigenvalue weighted by Gasteiger charge is 2.12. The molecule has 1 heterocycles. The Morgan fingerprint density at radius 2 is 1.59 bits per heavy atom. The number of nitrogens with one attached hydrogen (secondary N) is 2. The molecule has 0 unspecified atom stereocenters. The van der Waals surface area contributed by atoms with Crippen LogP contribution >= 0.6 is 0 Å². The summed E-state index contributed by atoms with van der Waals surface area (Å²) in [5, 5.41) is 6.04. The van der Waals surface area contributed by atoms with Crippen molar-refractivity contribution in [1.82, 2.24) is 9.97 Å². The number of aryl methyl sites for hydroxylation is 1. The van der Waals surface area contributed by atoms with Crippen LogP contribution in [0.3, 0.4) is 0 Å². The van der Waals surface area contributed by atoms with Crippen molar-refractivity contribution in [3.05, 3.63) is 77.1 Å². The lowest BCUT2D eigenvalue weighted by Gasteiger charge is -2.16. The van der Waals surface area contributed by atoms with Crippen molar-refractivity contribution in [2.75, 3.05) is 10.6 Å². The number of aromatic nitrogens is 2. The van der Waals surface area contributed by atoms with Crippen molar-refractivity contribution in [2.45, 2.75) is 33.6 Å². The molecule has 3 aromatic rings. The van der Waals surface area contributed by atoms with Gasteiger partial charge in [0.1, 0.15) is 0 Å². The first-order valence-electron chi connectivity index (χ1n) is 9.46. The van der Waals surface area contributed by atoms with Crippen molar-refractivity contribution in [2.24, 2.45) is 0 Å². The zero-order valence-corrected chi connectivity index (χ0v) is 17.0. The fraction of sp³-hybridized carbons (Fsp3) is 0.217. The average Bonchev–Trinajstić information content (AvgIpc) is 2.70. The number of carbonyl (C=O) groups excluding carboxylic acids is 2. The Morgan fingerprint density at radius 1 is 0.931 bits per heavy atom. The Kier molecular flexibility index (Phi) is 6.02. The molecule has 1 amide bonds. The SMILES string of the molecule is CC(=O)c1ccc(NC(=O)c2cnc(Nc3c(C)cccc3C(C)C)nc2)cc1. The number of Topliss-reactive ketones (excluding diaryl/α,β-unsaturated/α-hetero) is 1. The molecule has 0 atom stereocenters. The number of ketones is 1. The van der Waals surface area contributed by atoms with Crippen LogP contribution in [0.2, 0.25) is 0 Å². The molecule has 29 heavy (non-hydrogen) atoms. The fourth-order valence-corrected chi connectivity index (χ4v) is 2.96. The zero-order chi connectivity index (χ0) is 21.0. The largest absolute Gasteiger partial charge is 0.324 e. The third-order valence-electron chi connectivity index (χ3n) is 4.63. The number of carbonyl (C=O) groups is 2. The molecule has 2 N–H and O–H groups in total. The van der Waals surface area contributed by atoms with Gasteiger partial charge in [-0.1, -0.05) is 32.0 Å². The molecule has 0 saturated carbocycles. The van der Waals surface area contributed by atoms with Crippen molar-refractivity contribution >= 4 is 29.0 Å². The Bertz CT molecular complexity index is 1030. The van der Waals surface area contributed by atoms with Gasteiger partial charge in [-0.2, -0.15) is 0 Å². The fourth-order valence-electron chi connectivity index (χ4n) is 2.96. The summed E-state index contributed by atoms with van der Waals surface area (Å²) < 4.78 is 0. The minimum atomic E-state index is -0.314. The van der Waals surface area contributed by atoms with Crippen LogP contribution < -0.4 is 10.6 Å². The van der Waals surface area contributed by atoms with Gasteiger partial charge in [0.05, 0.1) is 5.56 Å². The topological polar surface area (TPSA) is 84.0 Å². The molecule has 0 aliphatic rings. The Balaban J connectivity index is 1.72. The molecule has 0 aliphatic carbocycles. The zero-order valence-electron chi connectivity index (χ0n) is 17.0. The van der Waals surface area contributed by atoms with Gasteiger partial charge < -0.3 is 10.6 Å². The van der Waals surface area contributed by atoms with E-state index in [1.54, 1.807) is 24.3 Å². The van der Waals surface area contributed by atoms with Gasteiger partial charge in [-0.3, -0.25) is 9.59 Å². The number of hydrogen-bond acceptors (Lipinski definition) is 5. The second-order valence-corrected chi connectivity index (χ2v) is 7.20. The Hall–Kier alpha value is -3.54. The monoisotopic (exact) mass is 388 g/mol. The van der Waals surface area contributed by atoms with E-state index in [1.165, 1.54) is 24.9 Å². The van der Waals surface area contributed by atoms with Crippen molar-refractivity contribution in [3.8, 4) is 0 Å². The Morgan fingerprint density at radius 3 is 2.17 bits per heavy atom. The maximum absolute atomic E-state index is 12.4. The van der Waals surface area contributed by atoms with Crippen LogP contribution in [0.15, 0.2) is 54.9 Å². The molecule has 1 aromatic heterocycles. The van der Waals surface area contributed by atoms with E-state index >= 15 is 0 Å². The summed E-state index contributed by atoms with van der Waals surface area (Å²) in [5.41, 5.74) is 4.83. The highest BCUT2D eigenvalue weighted by molar-refractivity contribution is 6.04. The predicted octanol–water partition coefficient (Wildman–Crippen LogP) is 5.11. The summed E-state index contributed by atoms with van der Waals surface area (Å²) in [6, 6.07) is 12.9. The summed E-state index contributed by atoms with van der Waals surface area (Å²) in [6.45, 7) is 7.81. The second-order valence-electron chi connectivity index (χ2n) is 7.20. The maximum Gasteiger partial charge on any atom is 0.258 e. The first-order valence-corrected chi connectivity index (χ1v) is 9.46. The quantitative estimate of drug-likeness (QED) is 0.574. The summed E-state index contributed by atoms with van der Waals surface area (Å²) >= 11 is 0. The standard InChI is InChI=1S/C23H24N4O2/c1-14(2)20-7-5-6-15(3)21(20)27-23-24-12-18(13-25-23)22(29)26-19-10-8-17(9-11-19)16(4)28/h5-14H,1-4H3,(H,26,29)(H,24,25,27). The molecule has 6 heteroatoms. The lowest BCUT2D eigenvalue weighted by atomic mass is 9.98. The molecular weight excluding hydrogens is 364 g/mol. The van der Waals surface area contributed by atoms with E-state index in [0.29, 0.717) is 28.7 Å². The van der Waals surface area contributed by atoms with Gasteiger partial charge in [0.25, 0.3) is 5.91 Å². The average molecular weight is 388 g/mol. The number of hydrogen-bond donors (Lipinski definition) is 2. The third-order valence-corrected chi connectivity index (χ3v) is 4.63. The van der Waals surface area contributed by atoms with Crippen LogP contribution in [0.25, 0.3) is 0 Å². The molecule has 0 saturated heterocycles. The summed E-state index contributed by atoms with van der Waals surface area (Å²) in [5.74, 6) is 0.458. The molecule has 0 fully saturated rings. The molecule has 3 rings (SSSR count). The summed E-state index contributed by atoms with van der Waals surface area (Å²) in [7, 11) is 0. The van der Waals surface area contributed by atoms with Crippen LogP contribution in [-0.2, 0) is 0 Å². The van der Waals surface area contributed by atoms with E-state index in [-0.39, 0.29) is 11.7 Å². The normalized spacial score (nSPS) is 10.7. The summed E-state index contributed by atoms with van der Waals surface area (Å²) in [6.07, 6.45) is 2.98. The molecule has 0 aliphatic heterocycles. The molecule has 6 nitrogen and oxygen atoms in total. The highest BCUT2D eigenvalue weighted by Crippen LogP contribution is 2.29. The molecule has 148 valence electrons. The molecule has 0 radical (unpaired) electrons. The molecule has 0 bridgehead atoms. The van der Waals surface area contributed by atoms with Gasteiger partial charge in [0.15, 0.2) is 5.78 Å². The van der Waals surface area contributed by atoms with Gasteiger partial charge >= 0.3 is 0 Å². The van der Waals surface area contributed by atoms with E-state index < -0.39 is 0 Å². The minimum absolute atomic E-state index is 0.0198. The van der Waals surface area contributed by atoms with Crippen LogP contribution in [0.5, 0.6) is 0 Å². The lowest BCUT2D eigenvalue weighted by molar-refractivity contribution is 0.101. The van der Waals surface area contributed by atoms with Crippen LogP contribution in [0.1, 0.15) is 58.5 Å². The first kappa shape index (κ1) is 20.2. The summed E-state index contributed by atoms with van der Waals surface area (Å²) in [4.78, 5) is 32.3. The predicted molar refractivity (Wildman–Crippen MR) is 115 cm³/mol. The molecular formula is C23H24N4O2. The first-order chi connectivity index (χ1) is 13.8. The number of para-hydroxylation sites is 1. The van der Waals surface area contributed by atoms with E-state index in [0.717, 1.165) is 11.3 Å². The van der Waals surface area contributed by atoms with E-state index in [9.17, 15) is 9.59 Å². The van der Waals surface area contributed by atoms with Crippen molar-refractivity contribution < 1.29 is 9.59 Å². The van der Waals surface area contributed by atoms with Gasteiger partial charge in [-0.05, 0) is 55.2 Å². The Labute approximate surface area is 170 Å². The number of benzene rings is 2. The van der Waals surface area contributed by atoms with E-state index in [1.807, 2.05) is 19.1 Å². The smallest absolute Gasteiger partial charge is 0.258 e. The minimum Gasteiger partial charge on any atom is -0.324 e. The van der Waals surface area contributed by atoms with E-state index in [2.05, 4.69) is 40.5 Å². The van der Waals surface area contributed by atoms with E-state index in [4.69, 9.17) is 0 Å². The number of nitrogens with zero attached hydrogens (tertiary/aromatic N) is 2. The van der Waals surface area contributed by atoms with Gasteiger partial charge in [-0.15, -0.1) is 0 Å². The van der Waals surface area contributed by atoms with Crippen LogP contribution in [0.4, 0.5) is 17.3 Å². The number of rotatable bonds is 6. The number of anilines is 3. The molecule has 0 spiro atoms. The lowest BCUT2D eigenvalue weighted by Crippen LogP contribution is -2.13. The van der Waals surface area contributed by atoms with Crippen molar-refractivity contribution in [3.63, 3.8) is 0 Å². The highest BCUT2D eigenvalue weighted by atomic mass is 16.1. The van der Waals surface area contributed by atoms with Crippen LogP contribution in [0, 0.1) is 6.92 Å². The second kappa shape index (κ2) is 8.65. The van der Waals surface area contributed by atoms with Crippen molar-refractivity contribution in [1.29, 1.82) is 0 Å². The third kappa shape index (κ3) is 4.85. The van der Waals surface area contributed by atoms with Crippen LogP contribution in [-0.4, -0.2) is 21.7 Å². The van der Waals surface area contributed by atoms with Gasteiger partial charge in [-0.25, -0.2) is 9.97 Å². The van der Waals surface area contributed by atoms with Gasteiger partial charge in [0, 0.05) is 29.3 Å². The molecule has 2 aromatic carbocycles.